The van der Waals surface area contributed by atoms with Gasteiger partial charge in [-0.1, -0.05) is 25.6 Å². The third-order valence-electron chi connectivity index (χ3n) is 4.98. The van der Waals surface area contributed by atoms with Gasteiger partial charge in [0, 0.05) is 12.2 Å². The first-order valence-electron chi connectivity index (χ1n) is 10.0. The Bertz CT molecular complexity index is 915. The second kappa shape index (κ2) is 9.64. The van der Waals surface area contributed by atoms with Gasteiger partial charge in [-0.2, -0.15) is 0 Å². The monoisotopic (exact) mass is 448 g/mol. The summed E-state index contributed by atoms with van der Waals surface area (Å²) in [7, 11) is 4.57. The summed E-state index contributed by atoms with van der Waals surface area (Å²) < 4.78 is 22.0. The van der Waals surface area contributed by atoms with Gasteiger partial charge >= 0.3 is 5.97 Å². The molecule has 1 amide bonds. The second-order valence-corrected chi connectivity index (χ2v) is 8.67. The molecule has 2 aliphatic heterocycles. The molecule has 0 spiro atoms. The van der Waals surface area contributed by atoms with Crippen LogP contribution in [0.3, 0.4) is 0 Å². The molecule has 1 saturated heterocycles. The average molecular weight is 449 g/mol. The number of nitrogens with zero attached hydrogens (tertiary/aromatic N) is 2. The van der Waals surface area contributed by atoms with Gasteiger partial charge in [-0.05, 0) is 30.5 Å². The number of hydrogen-bond acceptors (Lipinski definition) is 8. The Balaban J connectivity index is 2.18. The zero-order valence-corrected chi connectivity index (χ0v) is 19.5. The SMILES string of the molecule is COc1cc([C@@H]2C(C(=O)OCC(C)C)=C(C)N=C3SCCC(=O)N32)cc(OC)c1OC. The minimum absolute atomic E-state index is 0.0992. The van der Waals surface area contributed by atoms with Crippen molar-refractivity contribution in [3.63, 3.8) is 0 Å². The van der Waals surface area contributed by atoms with E-state index in [4.69, 9.17) is 18.9 Å². The fourth-order valence-electron chi connectivity index (χ4n) is 3.55. The summed E-state index contributed by atoms with van der Waals surface area (Å²) in [5.74, 6) is 1.54. The molecule has 1 aromatic rings. The van der Waals surface area contributed by atoms with Crippen molar-refractivity contribution in [2.45, 2.75) is 33.2 Å². The number of amidine groups is 1. The van der Waals surface area contributed by atoms with Crippen LogP contribution in [0, 0.1) is 5.92 Å². The molecule has 3 rings (SSSR count). The number of amides is 1. The lowest BCUT2D eigenvalue weighted by Gasteiger charge is -2.39. The topological polar surface area (TPSA) is 86.7 Å². The number of hydrogen-bond donors (Lipinski definition) is 0. The molecular weight excluding hydrogens is 420 g/mol. The number of carbonyl (C=O) groups excluding carboxylic acids is 2. The molecular formula is C22H28N2O6S. The number of fused-ring (bicyclic) bond motifs is 1. The molecule has 0 aliphatic carbocycles. The molecule has 2 aliphatic rings. The number of rotatable bonds is 7. The molecule has 0 unspecified atom stereocenters. The minimum atomic E-state index is -0.707. The van der Waals surface area contributed by atoms with Gasteiger partial charge in [-0.25, -0.2) is 9.79 Å². The molecule has 0 saturated carbocycles. The van der Waals surface area contributed by atoms with Gasteiger partial charge in [0.15, 0.2) is 16.7 Å². The lowest BCUT2D eigenvalue weighted by atomic mass is 9.93. The van der Waals surface area contributed by atoms with Crippen LogP contribution in [0.4, 0.5) is 0 Å². The molecule has 0 aromatic heterocycles. The summed E-state index contributed by atoms with van der Waals surface area (Å²) in [6, 6.07) is 2.80. The molecule has 1 fully saturated rings. The van der Waals surface area contributed by atoms with Crippen LogP contribution in [-0.4, -0.2) is 55.6 Å². The van der Waals surface area contributed by atoms with E-state index in [1.165, 1.54) is 33.1 Å². The van der Waals surface area contributed by atoms with Gasteiger partial charge in [0.05, 0.1) is 45.2 Å². The highest BCUT2D eigenvalue weighted by atomic mass is 32.2. The van der Waals surface area contributed by atoms with Crippen molar-refractivity contribution in [3.05, 3.63) is 29.0 Å². The van der Waals surface area contributed by atoms with Crippen LogP contribution < -0.4 is 14.2 Å². The normalized spacial score (nSPS) is 18.5. The number of allylic oxidation sites excluding steroid dienone is 1. The first-order chi connectivity index (χ1) is 14.8. The quantitative estimate of drug-likeness (QED) is 0.590. The Morgan fingerprint density at radius 2 is 1.84 bits per heavy atom. The maximum absolute atomic E-state index is 13.1. The van der Waals surface area contributed by atoms with Crippen molar-refractivity contribution in [3.8, 4) is 17.2 Å². The van der Waals surface area contributed by atoms with Crippen LogP contribution in [0.5, 0.6) is 17.2 Å². The van der Waals surface area contributed by atoms with E-state index in [0.29, 0.717) is 51.4 Å². The Labute approximate surface area is 186 Å². The van der Waals surface area contributed by atoms with E-state index in [-0.39, 0.29) is 18.4 Å². The predicted molar refractivity (Wildman–Crippen MR) is 119 cm³/mol. The first-order valence-corrected chi connectivity index (χ1v) is 11.0. The Morgan fingerprint density at radius 3 is 2.39 bits per heavy atom. The summed E-state index contributed by atoms with van der Waals surface area (Å²) in [5, 5.41) is 0.577. The van der Waals surface area contributed by atoms with Crippen LogP contribution in [0.1, 0.15) is 38.8 Å². The lowest BCUT2D eigenvalue weighted by Crippen LogP contribution is -2.46. The fraction of sp³-hybridized carbons (Fsp3) is 0.500. The van der Waals surface area contributed by atoms with Crippen molar-refractivity contribution in [2.24, 2.45) is 10.9 Å². The van der Waals surface area contributed by atoms with Gasteiger partial charge in [0.25, 0.3) is 0 Å². The van der Waals surface area contributed by atoms with Gasteiger partial charge in [0.2, 0.25) is 11.7 Å². The number of methoxy groups -OCH3 is 3. The van der Waals surface area contributed by atoms with E-state index in [0.717, 1.165) is 0 Å². The van der Waals surface area contributed by atoms with Crippen LogP contribution in [0.15, 0.2) is 28.4 Å². The van der Waals surface area contributed by atoms with Gasteiger partial charge < -0.3 is 18.9 Å². The van der Waals surface area contributed by atoms with Crippen molar-refractivity contribution < 1.29 is 28.5 Å². The van der Waals surface area contributed by atoms with Crippen molar-refractivity contribution >= 4 is 28.8 Å². The molecule has 31 heavy (non-hydrogen) atoms. The molecule has 8 nitrogen and oxygen atoms in total. The third kappa shape index (κ3) is 4.51. The Hall–Kier alpha value is -2.68. The second-order valence-electron chi connectivity index (χ2n) is 7.61. The summed E-state index contributed by atoms with van der Waals surface area (Å²) in [6.07, 6.45) is 0.359. The molecule has 0 bridgehead atoms. The number of benzene rings is 1. The number of carbonyl (C=O) groups is 2. The highest BCUT2D eigenvalue weighted by Gasteiger charge is 2.42. The van der Waals surface area contributed by atoms with Gasteiger partial charge in [-0.15, -0.1) is 0 Å². The lowest BCUT2D eigenvalue weighted by molar-refractivity contribution is -0.141. The molecule has 0 radical (unpaired) electrons. The number of aliphatic imine (C=N–C) groups is 1. The fourth-order valence-corrected chi connectivity index (χ4v) is 4.56. The van der Waals surface area contributed by atoms with Crippen molar-refractivity contribution in [1.82, 2.24) is 4.90 Å². The van der Waals surface area contributed by atoms with Crippen LogP contribution in [0.25, 0.3) is 0 Å². The number of ether oxygens (including phenoxy) is 4. The highest BCUT2D eigenvalue weighted by Crippen LogP contribution is 2.45. The summed E-state index contributed by atoms with van der Waals surface area (Å²) >= 11 is 1.49. The molecule has 2 heterocycles. The standard InChI is InChI=1S/C22H28N2O6S/c1-12(2)11-30-21(26)18-13(3)23-22-24(17(25)7-8-31-22)19(18)14-9-15(27-4)20(29-6)16(10-14)28-5/h9-10,12,19H,7-8,11H2,1-6H3/t19-/m1/s1. The van der Waals surface area contributed by atoms with E-state index in [1.807, 2.05) is 13.8 Å². The van der Waals surface area contributed by atoms with Crippen molar-refractivity contribution in [1.29, 1.82) is 0 Å². The van der Waals surface area contributed by atoms with Crippen molar-refractivity contribution in [2.75, 3.05) is 33.7 Å². The van der Waals surface area contributed by atoms with Gasteiger partial charge in [-0.3, -0.25) is 9.69 Å². The zero-order valence-electron chi connectivity index (χ0n) is 18.7. The van der Waals surface area contributed by atoms with E-state index < -0.39 is 12.0 Å². The van der Waals surface area contributed by atoms with E-state index in [1.54, 1.807) is 24.0 Å². The third-order valence-corrected chi connectivity index (χ3v) is 5.93. The molecule has 168 valence electrons. The molecule has 1 atom stereocenters. The van der Waals surface area contributed by atoms with E-state index in [9.17, 15) is 9.59 Å². The summed E-state index contributed by atoms with van der Waals surface area (Å²) in [5.41, 5.74) is 1.50. The predicted octanol–water partition coefficient (Wildman–Crippen LogP) is 3.56. The Morgan fingerprint density at radius 1 is 1.19 bits per heavy atom. The molecule has 9 heteroatoms. The molecule has 1 aromatic carbocycles. The molecule has 0 N–H and O–H groups in total. The van der Waals surface area contributed by atoms with E-state index >= 15 is 0 Å². The maximum atomic E-state index is 13.1. The Kier molecular flexibility index (Phi) is 7.15. The average Bonchev–Trinajstić information content (AvgIpc) is 2.75. The zero-order chi connectivity index (χ0) is 22.7. The van der Waals surface area contributed by atoms with E-state index in [2.05, 4.69) is 4.99 Å². The number of esters is 1. The van der Waals surface area contributed by atoms with Crippen LogP contribution in [0.2, 0.25) is 0 Å². The smallest absolute Gasteiger partial charge is 0.338 e. The first kappa shape index (κ1) is 23.0. The van der Waals surface area contributed by atoms with Gasteiger partial charge in [0.1, 0.15) is 0 Å². The summed E-state index contributed by atoms with van der Waals surface area (Å²) in [6.45, 7) is 5.97. The number of thioether (sulfide) groups is 1. The van der Waals surface area contributed by atoms with Crippen LogP contribution >= 0.6 is 11.8 Å². The summed E-state index contributed by atoms with van der Waals surface area (Å²) in [4.78, 5) is 32.2. The maximum Gasteiger partial charge on any atom is 0.338 e. The minimum Gasteiger partial charge on any atom is -0.493 e. The van der Waals surface area contributed by atoms with Crippen LogP contribution in [-0.2, 0) is 14.3 Å². The largest absolute Gasteiger partial charge is 0.493 e. The highest BCUT2D eigenvalue weighted by molar-refractivity contribution is 8.14.